The number of nitrogens with one attached hydrogen (secondary N) is 2. The number of aromatic amines is 1. The molecule has 2 heterocycles. The molecule has 8 N–H and O–H groups in total. The number of carboxylic acids is 2. The van der Waals surface area contributed by atoms with Crippen LogP contribution in [-0.2, 0) is 22.4 Å². The summed E-state index contributed by atoms with van der Waals surface area (Å²) >= 11 is 0. The monoisotopic (exact) mass is 440 g/mol. The van der Waals surface area contributed by atoms with E-state index in [1.54, 1.807) is 24.3 Å². The van der Waals surface area contributed by atoms with Crippen LogP contribution >= 0.6 is 0 Å². The van der Waals surface area contributed by atoms with Crippen molar-refractivity contribution < 1.29 is 24.6 Å². The molecule has 168 valence electrons. The summed E-state index contributed by atoms with van der Waals surface area (Å²) < 4.78 is 0. The average Bonchev–Trinajstić information content (AvgIpc) is 3.14. The number of fused-ring (bicyclic) bond motifs is 1. The Morgan fingerprint density at radius 1 is 1.06 bits per heavy atom. The van der Waals surface area contributed by atoms with Gasteiger partial charge in [0.15, 0.2) is 5.82 Å². The van der Waals surface area contributed by atoms with Gasteiger partial charge in [0.05, 0.1) is 5.52 Å². The minimum Gasteiger partial charge on any atom is -0.481 e. The molecule has 1 amide bonds. The highest BCUT2D eigenvalue weighted by Gasteiger charge is 2.21. The molecule has 0 radical (unpaired) electrons. The molecule has 11 heteroatoms. The van der Waals surface area contributed by atoms with Gasteiger partial charge in [0.2, 0.25) is 5.95 Å². The van der Waals surface area contributed by atoms with Gasteiger partial charge in [0.25, 0.3) is 5.91 Å². The Labute approximate surface area is 182 Å². The summed E-state index contributed by atoms with van der Waals surface area (Å²) in [5, 5.41) is 20.2. The Morgan fingerprint density at radius 3 is 2.44 bits per heavy atom. The maximum absolute atomic E-state index is 12.3. The average molecular weight is 440 g/mol. The SMILES string of the molecule is Nc1nc(N)c2[nH]cc(CCCc3ccc(C(=O)N[C@@H](CCC(=O)O)C(=O)O)cc3)c2n1. The third kappa shape index (κ3) is 5.50. The van der Waals surface area contributed by atoms with Crippen molar-refractivity contribution in [2.24, 2.45) is 0 Å². The van der Waals surface area contributed by atoms with Crippen molar-refractivity contribution in [3.05, 3.63) is 47.2 Å². The predicted octanol–water partition coefficient (Wildman–Crippen LogP) is 1.35. The van der Waals surface area contributed by atoms with E-state index in [-0.39, 0.29) is 18.8 Å². The highest BCUT2D eigenvalue weighted by Crippen LogP contribution is 2.22. The lowest BCUT2D eigenvalue weighted by atomic mass is 10.0. The minimum absolute atomic E-state index is 0.123. The summed E-state index contributed by atoms with van der Waals surface area (Å²) in [5.41, 5.74) is 15.2. The molecular formula is C21H24N6O5. The molecule has 1 aromatic carbocycles. The van der Waals surface area contributed by atoms with E-state index in [1.807, 2.05) is 6.20 Å². The molecule has 11 nitrogen and oxygen atoms in total. The standard InChI is InChI=1S/C21H24N6O5/c22-18-17-16(26-21(23)27-18)13(10-24-17)3-1-2-11-4-6-12(7-5-11)19(30)25-14(20(31)32)8-9-15(28)29/h4-7,10,14,24H,1-3,8-9H2,(H,25,30)(H,28,29)(H,31,32)(H4,22,23,26,27)/t14-/m0/s1. The molecule has 1 atom stereocenters. The lowest BCUT2D eigenvalue weighted by molar-refractivity contribution is -0.140. The molecule has 0 saturated carbocycles. The maximum atomic E-state index is 12.3. The Bertz CT molecular complexity index is 1140. The van der Waals surface area contributed by atoms with Crippen molar-refractivity contribution in [2.45, 2.75) is 38.1 Å². The number of hydrogen-bond acceptors (Lipinski definition) is 7. The third-order valence-corrected chi connectivity index (χ3v) is 5.03. The number of carbonyl (C=O) groups is 3. The molecule has 0 fully saturated rings. The summed E-state index contributed by atoms with van der Waals surface area (Å²) in [5.74, 6) is -2.54. The van der Waals surface area contributed by atoms with E-state index in [0.717, 1.165) is 30.4 Å². The molecule has 0 saturated heterocycles. The van der Waals surface area contributed by atoms with E-state index in [1.165, 1.54) is 0 Å². The molecule has 0 aliphatic heterocycles. The maximum Gasteiger partial charge on any atom is 0.326 e. The number of aryl methyl sites for hydroxylation is 2. The van der Waals surface area contributed by atoms with Gasteiger partial charge in [-0.05, 0) is 48.9 Å². The van der Waals surface area contributed by atoms with E-state index in [4.69, 9.17) is 21.7 Å². The Hall–Kier alpha value is -4.15. The summed E-state index contributed by atoms with van der Waals surface area (Å²) in [6.45, 7) is 0. The number of nitrogen functional groups attached to an aromatic ring is 2. The molecule has 3 rings (SSSR count). The number of H-pyrrole nitrogens is 1. The summed E-state index contributed by atoms with van der Waals surface area (Å²) in [7, 11) is 0. The van der Waals surface area contributed by atoms with Crippen molar-refractivity contribution in [3.8, 4) is 0 Å². The van der Waals surface area contributed by atoms with Crippen LogP contribution in [0.1, 0.15) is 40.7 Å². The number of benzene rings is 1. The number of carbonyl (C=O) groups excluding carboxylic acids is 1. The quantitative estimate of drug-likeness (QED) is 0.269. The van der Waals surface area contributed by atoms with Crippen molar-refractivity contribution in [2.75, 3.05) is 11.5 Å². The fraction of sp³-hybridized carbons (Fsp3) is 0.286. The van der Waals surface area contributed by atoms with Crippen LogP contribution in [0, 0.1) is 0 Å². The normalized spacial score (nSPS) is 11.9. The van der Waals surface area contributed by atoms with E-state index >= 15 is 0 Å². The summed E-state index contributed by atoms with van der Waals surface area (Å²) in [6, 6.07) is 5.56. The molecular weight excluding hydrogens is 416 g/mol. The fourth-order valence-corrected chi connectivity index (χ4v) is 3.36. The van der Waals surface area contributed by atoms with E-state index < -0.39 is 23.9 Å². The van der Waals surface area contributed by atoms with Crippen LogP contribution in [0.15, 0.2) is 30.5 Å². The first-order chi connectivity index (χ1) is 15.2. The van der Waals surface area contributed by atoms with Crippen molar-refractivity contribution in [3.63, 3.8) is 0 Å². The van der Waals surface area contributed by atoms with Gasteiger partial charge in [0, 0.05) is 18.2 Å². The zero-order valence-corrected chi connectivity index (χ0v) is 17.2. The van der Waals surface area contributed by atoms with Crippen LogP contribution in [0.2, 0.25) is 0 Å². The number of hydrogen-bond donors (Lipinski definition) is 6. The zero-order chi connectivity index (χ0) is 23.3. The molecule has 0 aliphatic rings. The summed E-state index contributed by atoms with van der Waals surface area (Å²) in [4.78, 5) is 45.4. The molecule has 32 heavy (non-hydrogen) atoms. The number of anilines is 2. The second-order valence-electron chi connectivity index (χ2n) is 7.35. The highest BCUT2D eigenvalue weighted by atomic mass is 16.4. The highest BCUT2D eigenvalue weighted by molar-refractivity contribution is 5.96. The van der Waals surface area contributed by atoms with Gasteiger partial charge in [-0.1, -0.05) is 12.1 Å². The van der Waals surface area contributed by atoms with Crippen LogP contribution in [0.3, 0.4) is 0 Å². The largest absolute Gasteiger partial charge is 0.481 e. The molecule has 3 aromatic rings. The van der Waals surface area contributed by atoms with Gasteiger partial charge in [0.1, 0.15) is 11.6 Å². The predicted molar refractivity (Wildman–Crippen MR) is 117 cm³/mol. The number of amides is 1. The Kier molecular flexibility index (Phi) is 6.88. The van der Waals surface area contributed by atoms with Gasteiger partial charge in [-0.15, -0.1) is 0 Å². The van der Waals surface area contributed by atoms with Gasteiger partial charge in [-0.3, -0.25) is 9.59 Å². The molecule has 0 bridgehead atoms. The smallest absolute Gasteiger partial charge is 0.326 e. The molecule has 2 aromatic heterocycles. The van der Waals surface area contributed by atoms with Gasteiger partial charge in [-0.2, -0.15) is 4.98 Å². The first-order valence-electron chi connectivity index (χ1n) is 9.98. The number of nitrogens with two attached hydrogens (primary N) is 2. The second-order valence-corrected chi connectivity index (χ2v) is 7.35. The third-order valence-electron chi connectivity index (χ3n) is 5.03. The molecule has 0 spiro atoms. The number of rotatable bonds is 10. The Morgan fingerprint density at radius 2 is 1.78 bits per heavy atom. The fourth-order valence-electron chi connectivity index (χ4n) is 3.36. The Balaban J connectivity index is 1.56. The zero-order valence-electron chi connectivity index (χ0n) is 17.2. The minimum atomic E-state index is -1.28. The van der Waals surface area contributed by atoms with Crippen LogP contribution in [0.25, 0.3) is 11.0 Å². The number of carboxylic acid groups (broad SMARTS) is 2. The van der Waals surface area contributed by atoms with Gasteiger partial charge in [-0.25, -0.2) is 9.78 Å². The lowest BCUT2D eigenvalue weighted by Crippen LogP contribution is -2.41. The van der Waals surface area contributed by atoms with Gasteiger partial charge < -0.3 is 32.0 Å². The van der Waals surface area contributed by atoms with Crippen LogP contribution in [-0.4, -0.2) is 49.1 Å². The van der Waals surface area contributed by atoms with Crippen molar-refractivity contribution >= 4 is 40.6 Å². The molecule has 0 aliphatic carbocycles. The number of nitrogens with zero attached hydrogens (tertiary/aromatic N) is 2. The summed E-state index contributed by atoms with van der Waals surface area (Å²) in [6.07, 6.45) is 3.61. The van der Waals surface area contributed by atoms with E-state index in [9.17, 15) is 14.4 Å². The van der Waals surface area contributed by atoms with E-state index in [2.05, 4.69) is 20.3 Å². The van der Waals surface area contributed by atoms with E-state index in [0.29, 0.717) is 22.4 Å². The topological polar surface area (TPSA) is 197 Å². The lowest BCUT2D eigenvalue weighted by Gasteiger charge is -2.13. The number of aromatic nitrogens is 3. The van der Waals surface area contributed by atoms with Crippen molar-refractivity contribution in [1.29, 1.82) is 0 Å². The first kappa shape index (κ1) is 22.5. The number of aliphatic carboxylic acids is 2. The molecule has 0 unspecified atom stereocenters. The van der Waals surface area contributed by atoms with Crippen LogP contribution < -0.4 is 16.8 Å². The van der Waals surface area contributed by atoms with Gasteiger partial charge >= 0.3 is 11.9 Å². The van der Waals surface area contributed by atoms with Crippen molar-refractivity contribution in [1.82, 2.24) is 20.3 Å². The van der Waals surface area contributed by atoms with Crippen LogP contribution in [0.5, 0.6) is 0 Å². The first-order valence-corrected chi connectivity index (χ1v) is 9.98. The second kappa shape index (κ2) is 9.77. The van der Waals surface area contributed by atoms with Crippen LogP contribution in [0.4, 0.5) is 11.8 Å².